The van der Waals surface area contributed by atoms with Crippen LogP contribution in [0.25, 0.3) is 43.9 Å². The monoisotopic (exact) mass is 446 g/mol. The molecular weight excluding hydrogens is 427 g/mol. The summed E-state index contributed by atoms with van der Waals surface area (Å²) in [7, 11) is 2.09. The van der Waals surface area contributed by atoms with E-state index in [2.05, 4.69) is 97.5 Å². The first-order valence-corrected chi connectivity index (χ1v) is 9.44. The SMILES string of the molecule is Cc1cc2ccccc2[c-]c1-c1c2[c-]c(-c3[c-]cccc3)ccc2cc[n+]1C.[Y+3]. The molecule has 2 heteroatoms. The van der Waals surface area contributed by atoms with Gasteiger partial charge in [-0.1, -0.05) is 46.8 Å². The molecule has 0 unspecified atom stereocenters. The molecule has 0 aliphatic heterocycles. The summed E-state index contributed by atoms with van der Waals surface area (Å²) in [6.07, 6.45) is 2.11. The topological polar surface area (TPSA) is 3.88 Å². The van der Waals surface area contributed by atoms with Crippen molar-refractivity contribution in [1.82, 2.24) is 0 Å². The van der Waals surface area contributed by atoms with E-state index < -0.39 is 0 Å². The van der Waals surface area contributed by atoms with Gasteiger partial charge in [0.1, 0.15) is 12.7 Å². The number of fused-ring (bicyclic) bond motifs is 2. The molecule has 1 nitrogen and oxygen atoms in total. The third-order valence-electron chi connectivity index (χ3n) is 5.27. The van der Waals surface area contributed by atoms with Gasteiger partial charge in [0.2, 0.25) is 0 Å². The van der Waals surface area contributed by atoms with Crippen molar-refractivity contribution in [3.8, 4) is 22.4 Å². The van der Waals surface area contributed by atoms with Crippen molar-refractivity contribution in [2.45, 2.75) is 6.92 Å². The maximum Gasteiger partial charge on any atom is 3.00 e. The summed E-state index contributed by atoms with van der Waals surface area (Å²) >= 11 is 0. The summed E-state index contributed by atoms with van der Waals surface area (Å²) in [6.45, 7) is 2.16. The minimum Gasteiger partial charge on any atom is -0.235 e. The number of hydrogen-bond donors (Lipinski definition) is 0. The number of aryl methyl sites for hydroxylation is 2. The molecule has 5 aromatic rings. The average molecular weight is 446 g/mol. The Hall–Kier alpha value is -2.35. The summed E-state index contributed by atoms with van der Waals surface area (Å²) in [5.74, 6) is 0. The zero-order valence-electron chi connectivity index (χ0n) is 16.5. The normalized spacial score (nSPS) is 10.8. The minimum atomic E-state index is 0. The molecule has 1 aromatic heterocycles. The van der Waals surface area contributed by atoms with Crippen LogP contribution in [0.15, 0.2) is 79.0 Å². The third-order valence-corrected chi connectivity index (χ3v) is 5.27. The molecule has 0 N–H and O–H groups in total. The molecule has 1 heterocycles. The van der Waals surface area contributed by atoms with Crippen LogP contribution >= 0.6 is 0 Å². The maximum atomic E-state index is 3.65. The van der Waals surface area contributed by atoms with Crippen LogP contribution in [0.2, 0.25) is 0 Å². The van der Waals surface area contributed by atoms with E-state index in [1.165, 1.54) is 16.3 Å². The Morgan fingerprint density at radius 3 is 2.45 bits per heavy atom. The van der Waals surface area contributed by atoms with Crippen LogP contribution in [-0.2, 0) is 39.8 Å². The maximum absolute atomic E-state index is 3.65. The van der Waals surface area contributed by atoms with Gasteiger partial charge >= 0.3 is 32.7 Å². The molecule has 134 valence electrons. The smallest absolute Gasteiger partial charge is 0.235 e. The second-order valence-electron chi connectivity index (χ2n) is 7.17. The Morgan fingerprint density at radius 2 is 1.62 bits per heavy atom. The van der Waals surface area contributed by atoms with Gasteiger partial charge in [0.15, 0.2) is 6.20 Å². The second-order valence-corrected chi connectivity index (χ2v) is 7.17. The number of hydrogen-bond acceptors (Lipinski definition) is 0. The molecule has 0 spiro atoms. The molecule has 29 heavy (non-hydrogen) atoms. The van der Waals surface area contributed by atoms with Gasteiger partial charge in [0.25, 0.3) is 0 Å². The van der Waals surface area contributed by atoms with Gasteiger partial charge in [-0.25, -0.2) is 10.1 Å². The van der Waals surface area contributed by atoms with Gasteiger partial charge in [0, 0.05) is 0 Å². The van der Waals surface area contributed by atoms with E-state index in [1.54, 1.807) is 0 Å². The van der Waals surface area contributed by atoms with Crippen molar-refractivity contribution in [2.24, 2.45) is 7.05 Å². The molecule has 0 aliphatic carbocycles. The summed E-state index contributed by atoms with van der Waals surface area (Å²) in [5.41, 5.74) is 5.59. The fraction of sp³-hybridized carbons (Fsp3) is 0.0741. The van der Waals surface area contributed by atoms with E-state index in [0.29, 0.717) is 0 Å². The number of aromatic nitrogens is 1. The Balaban J connectivity index is 0.00000205. The molecule has 4 aromatic carbocycles. The predicted octanol–water partition coefficient (Wildman–Crippen LogP) is 5.86. The van der Waals surface area contributed by atoms with Gasteiger partial charge in [-0.3, -0.25) is 0 Å². The summed E-state index contributed by atoms with van der Waals surface area (Å²) < 4.78 is 2.17. The quantitative estimate of drug-likeness (QED) is 0.236. The van der Waals surface area contributed by atoms with Gasteiger partial charge in [-0.2, -0.15) is 42.0 Å². The number of rotatable bonds is 2. The molecule has 0 radical (unpaired) electrons. The van der Waals surface area contributed by atoms with E-state index in [1.807, 2.05) is 18.2 Å². The molecule has 0 aliphatic rings. The standard InChI is InChI=1S/C27H19N.Y/c1-19-16-22-10-6-7-11-23(22)17-25(19)27-26-18-24(20-8-4-3-5-9-20)13-12-21(26)14-15-28(27)2;/h3-8,10-16H,1-2H3;/q-2;+3. The Morgan fingerprint density at radius 1 is 0.793 bits per heavy atom. The summed E-state index contributed by atoms with van der Waals surface area (Å²) in [4.78, 5) is 0. The fourth-order valence-corrected chi connectivity index (χ4v) is 3.82. The Kier molecular flexibility index (Phi) is 5.63. The van der Waals surface area contributed by atoms with Crippen LogP contribution in [0.1, 0.15) is 5.56 Å². The molecule has 0 bridgehead atoms. The molecule has 0 saturated heterocycles. The van der Waals surface area contributed by atoms with E-state index in [0.717, 1.165) is 33.2 Å². The second kappa shape index (κ2) is 8.18. The zero-order chi connectivity index (χ0) is 19.1. The number of nitrogens with zero attached hydrogens (tertiary/aromatic N) is 1. The zero-order valence-corrected chi connectivity index (χ0v) is 19.4. The molecule has 0 fully saturated rings. The molecule has 0 saturated carbocycles. The first kappa shape index (κ1) is 19.9. The average Bonchev–Trinajstić information content (AvgIpc) is 2.74. The van der Waals surface area contributed by atoms with Crippen molar-refractivity contribution in [1.29, 1.82) is 0 Å². The van der Waals surface area contributed by atoms with Crippen LogP contribution in [0.5, 0.6) is 0 Å². The van der Waals surface area contributed by atoms with Crippen molar-refractivity contribution >= 4 is 21.5 Å². The fourth-order valence-electron chi connectivity index (χ4n) is 3.82. The van der Waals surface area contributed by atoms with Gasteiger partial charge in [0.05, 0.1) is 0 Å². The molecule has 0 amide bonds. The molecular formula is C27H19NY+. The van der Waals surface area contributed by atoms with Gasteiger partial charge in [-0.15, -0.1) is 41.3 Å². The van der Waals surface area contributed by atoms with Crippen LogP contribution < -0.4 is 4.57 Å². The third kappa shape index (κ3) is 3.66. The molecule has 5 rings (SSSR count). The first-order valence-electron chi connectivity index (χ1n) is 9.44. The van der Waals surface area contributed by atoms with Crippen LogP contribution in [0.4, 0.5) is 0 Å². The van der Waals surface area contributed by atoms with Crippen molar-refractivity contribution < 1.29 is 37.3 Å². The van der Waals surface area contributed by atoms with E-state index >= 15 is 0 Å². The van der Waals surface area contributed by atoms with Crippen LogP contribution in [0.3, 0.4) is 0 Å². The Bertz CT molecular complexity index is 1320. The van der Waals surface area contributed by atoms with Crippen LogP contribution in [-0.4, -0.2) is 0 Å². The van der Waals surface area contributed by atoms with E-state index in [-0.39, 0.29) is 32.7 Å². The van der Waals surface area contributed by atoms with Crippen molar-refractivity contribution in [3.05, 3.63) is 103 Å². The summed E-state index contributed by atoms with van der Waals surface area (Å²) in [5, 5.41) is 4.63. The van der Waals surface area contributed by atoms with E-state index in [9.17, 15) is 0 Å². The minimum absolute atomic E-state index is 0. The number of benzene rings is 4. The molecule has 0 atom stereocenters. The van der Waals surface area contributed by atoms with Crippen LogP contribution in [0, 0.1) is 25.1 Å². The van der Waals surface area contributed by atoms with E-state index in [4.69, 9.17) is 0 Å². The van der Waals surface area contributed by atoms with Gasteiger partial charge in [-0.05, 0) is 6.07 Å². The summed E-state index contributed by atoms with van der Waals surface area (Å²) in [6, 6.07) is 35.8. The largest absolute Gasteiger partial charge is 3.00 e. The Labute approximate surface area is 196 Å². The number of pyridine rings is 1. The first-order chi connectivity index (χ1) is 13.7. The van der Waals surface area contributed by atoms with Crippen molar-refractivity contribution in [2.75, 3.05) is 0 Å². The van der Waals surface area contributed by atoms with Crippen molar-refractivity contribution in [3.63, 3.8) is 0 Å². The predicted molar refractivity (Wildman–Crippen MR) is 115 cm³/mol. The van der Waals surface area contributed by atoms with Gasteiger partial charge < -0.3 is 0 Å².